The van der Waals surface area contributed by atoms with Crippen LogP contribution in [0.15, 0.2) is 0 Å². The SMILES string of the molecule is CCOc1nc(C(C)(C)C)nc2c1CNC2. The molecular formula is C12H19N3O. The number of aromatic nitrogens is 2. The molecule has 0 atom stereocenters. The van der Waals surface area contributed by atoms with E-state index in [1.807, 2.05) is 6.92 Å². The lowest BCUT2D eigenvalue weighted by Gasteiger charge is -2.18. The summed E-state index contributed by atoms with van der Waals surface area (Å²) in [6.07, 6.45) is 0. The summed E-state index contributed by atoms with van der Waals surface area (Å²) < 4.78 is 5.59. The topological polar surface area (TPSA) is 47.0 Å². The van der Waals surface area contributed by atoms with Gasteiger partial charge in [-0.15, -0.1) is 0 Å². The number of hydrogen-bond acceptors (Lipinski definition) is 4. The van der Waals surface area contributed by atoms with E-state index in [4.69, 9.17) is 4.74 Å². The Morgan fingerprint density at radius 1 is 1.25 bits per heavy atom. The normalized spacial score (nSPS) is 15.0. The van der Waals surface area contributed by atoms with Crippen molar-refractivity contribution in [3.63, 3.8) is 0 Å². The molecule has 0 saturated heterocycles. The van der Waals surface area contributed by atoms with Gasteiger partial charge in [-0.05, 0) is 6.92 Å². The van der Waals surface area contributed by atoms with Crippen LogP contribution in [-0.2, 0) is 18.5 Å². The van der Waals surface area contributed by atoms with Crippen LogP contribution in [0.2, 0.25) is 0 Å². The molecule has 0 aromatic carbocycles. The molecule has 2 rings (SSSR count). The van der Waals surface area contributed by atoms with Crippen molar-refractivity contribution in [1.82, 2.24) is 15.3 Å². The first-order chi connectivity index (χ1) is 7.52. The van der Waals surface area contributed by atoms with E-state index in [9.17, 15) is 0 Å². The van der Waals surface area contributed by atoms with E-state index in [1.54, 1.807) is 0 Å². The van der Waals surface area contributed by atoms with Crippen LogP contribution in [-0.4, -0.2) is 16.6 Å². The quantitative estimate of drug-likeness (QED) is 0.827. The zero-order valence-corrected chi connectivity index (χ0v) is 10.4. The highest BCUT2D eigenvalue weighted by Crippen LogP contribution is 2.27. The molecule has 0 fully saturated rings. The zero-order valence-electron chi connectivity index (χ0n) is 10.4. The lowest BCUT2D eigenvalue weighted by Crippen LogP contribution is -2.18. The summed E-state index contributed by atoms with van der Waals surface area (Å²) in [4.78, 5) is 9.15. The lowest BCUT2D eigenvalue weighted by atomic mass is 9.95. The molecule has 0 spiro atoms. The minimum Gasteiger partial charge on any atom is -0.478 e. The van der Waals surface area contributed by atoms with Crippen molar-refractivity contribution in [2.75, 3.05) is 6.61 Å². The fourth-order valence-electron chi connectivity index (χ4n) is 1.73. The lowest BCUT2D eigenvalue weighted by molar-refractivity contribution is 0.318. The fraction of sp³-hybridized carbons (Fsp3) is 0.667. The summed E-state index contributed by atoms with van der Waals surface area (Å²) in [5.74, 6) is 1.61. The molecule has 4 nitrogen and oxygen atoms in total. The first-order valence-corrected chi connectivity index (χ1v) is 5.76. The highest BCUT2D eigenvalue weighted by Gasteiger charge is 2.25. The number of rotatable bonds is 2. The first kappa shape index (κ1) is 11.3. The molecule has 4 heteroatoms. The number of nitrogens with one attached hydrogen (secondary N) is 1. The Labute approximate surface area is 96.4 Å². The van der Waals surface area contributed by atoms with Gasteiger partial charge in [-0.3, -0.25) is 0 Å². The van der Waals surface area contributed by atoms with Crippen LogP contribution in [0.1, 0.15) is 44.8 Å². The van der Waals surface area contributed by atoms with Gasteiger partial charge in [0.25, 0.3) is 0 Å². The maximum absolute atomic E-state index is 5.59. The van der Waals surface area contributed by atoms with Crippen LogP contribution in [0, 0.1) is 0 Å². The van der Waals surface area contributed by atoms with E-state index >= 15 is 0 Å². The molecular weight excluding hydrogens is 202 g/mol. The minimum atomic E-state index is -0.0382. The molecule has 0 radical (unpaired) electrons. The molecule has 1 aliphatic heterocycles. The fourth-order valence-corrected chi connectivity index (χ4v) is 1.73. The molecule has 0 unspecified atom stereocenters. The van der Waals surface area contributed by atoms with Crippen LogP contribution < -0.4 is 10.1 Å². The van der Waals surface area contributed by atoms with Crippen molar-refractivity contribution >= 4 is 0 Å². The highest BCUT2D eigenvalue weighted by molar-refractivity contribution is 5.34. The molecule has 1 aliphatic rings. The van der Waals surface area contributed by atoms with Gasteiger partial charge < -0.3 is 10.1 Å². The summed E-state index contributed by atoms with van der Waals surface area (Å²) in [6, 6.07) is 0. The summed E-state index contributed by atoms with van der Waals surface area (Å²) in [5.41, 5.74) is 2.17. The van der Waals surface area contributed by atoms with Crippen LogP contribution >= 0.6 is 0 Å². The second-order valence-corrected chi connectivity index (χ2v) is 5.06. The van der Waals surface area contributed by atoms with Gasteiger partial charge in [-0.2, -0.15) is 4.98 Å². The van der Waals surface area contributed by atoms with Crippen molar-refractivity contribution in [2.24, 2.45) is 0 Å². The molecule has 16 heavy (non-hydrogen) atoms. The molecule has 0 bridgehead atoms. The van der Waals surface area contributed by atoms with E-state index in [0.717, 1.165) is 36.1 Å². The maximum Gasteiger partial charge on any atom is 0.221 e. The van der Waals surface area contributed by atoms with E-state index in [0.29, 0.717) is 6.61 Å². The molecule has 0 aliphatic carbocycles. The molecule has 1 aromatic rings. The van der Waals surface area contributed by atoms with Crippen LogP contribution in [0.25, 0.3) is 0 Å². The third-order valence-corrected chi connectivity index (χ3v) is 2.60. The Hall–Kier alpha value is -1.16. The van der Waals surface area contributed by atoms with E-state index in [2.05, 4.69) is 36.1 Å². The third-order valence-electron chi connectivity index (χ3n) is 2.60. The van der Waals surface area contributed by atoms with Crippen molar-refractivity contribution in [2.45, 2.75) is 46.2 Å². The molecule has 0 amide bonds. The Morgan fingerprint density at radius 2 is 2.00 bits per heavy atom. The van der Waals surface area contributed by atoms with Gasteiger partial charge >= 0.3 is 0 Å². The summed E-state index contributed by atoms with van der Waals surface area (Å²) in [6.45, 7) is 10.6. The van der Waals surface area contributed by atoms with Gasteiger partial charge in [-0.25, -0.2) is 4.98 Å². The Balaban J connectivity index is 2.47. The van der Waals surface area contributed by atoms with Crippen molar-refractivity contribution < 1.29 is 4.74 Å². The standard InChI is InChI=1S/C12H19N3O/c1-5-16-10-8-6-13-7-9(8)14-11(15-10)12(2,3)4/h13H,5-7H2,1-4H3. The van der Waals surface area contributed by atoms with Crippen molar-refractivity contribution in [3.05, 3.63) is 17.1 Å². The molecule has 0 saturated carbocycles. The van der Waals surface area contributed by atoms with Gasteiger partial charge in [0.2, 0.25) is 5.88 Å². The van der Waals surface area contributed by atoms with Crippen LogP contribution in [0.4, 0.5) is 0 Å². The Bertz CT molecular complexity index is 396. The average Bonchev–Trinajstić information content (AvgIpc) is 2.64. The van der Waals surface area contributed by atoms with Crippen molar-refractivity contribution in [1.29, 1.82) is 0 Å². The van der Waals surface area contributed by atoms with E-state index < -0.39 is 0 Å². The smallest absolute Gasteiger partial charge is 0.221 e. The number of hydrogen-bond donors (Lipinski definition) is 1. The second kappa shape index (κ2) is 4.01. The summed E-state index contributed by atoms with van der Waals surface area (Å²) in [7, 11) is 0. The summed E-state index contributed by atoms with van der Waals surface area (Å²) in [5, 5.41) is 3.28. The van der Waals surface area contributed by atoms with Gasteiger partial charge in [0.1, 0.15) is 5.82 Å². The second-order valence-electron chi connectivity index (χ2n) is 5.06. The van der Waals surface area contributed by atoms with Crippen LogP contribution in [0.5, 0.6) is 5.88 Å². The predicted molar refractivity (Wildman–Crippen MR) is 62.4 cm³/mol. The van der Waals surface area contributed by atoms with Gasteiger partial charge in [0, 0.05) is 18.5 Å². The first-order valence-electron chi connectivity index (χ1n) is 5.76. The molecule has 88 valence electrons. The molecule has 1 aromatic heterocycles. The monoisotopic (exact) mass is 221 g/mol. The maximum atomic E-state index is 5.59. The summed E-state index contributed by atoms with van der Waals surface area (Å²) >= 11 is 0. The van der Waals surface area contributed by atoms with Gasteiger partial charge in [0.05, 0.1) is 17.9 Å². The van der Waals surface area contributed by atoms with Crippen molar-refractivity contribution in [3.8, 4) is 5.88 Å². The zero-order chi connectivity index (χ0) is 11.8. The molecule has 1 N–H and O–H groups in total. The van der Waals surface area contributed by atoms with Gasteiger partial charge in [-0.1, -0.05) is 20.8 Å². The average molecular weight is 221 g/mol. The largest absolute Gasteiger partial charge is 0.478 e. The van der Waals surface area contributed by atoms with Gasteiger partial charge in [0.15, 0.2) is 0 Å². The van der Waals surface area contributed by atoms with E-state index in [1.165, 1.54) is 0 Å². The number of fused-ring (bicyclic) bond motifs is 1. The molecule has 2 heterocycles. The van der Waals surface area contributed by atoms with E-state index in [-0.39, 0.29) is 5.41 Å². The van der Waals surface area contributed by atoms with Crippen LogP contribution in [0.3, 0.4) is 0 Å². The Kier molecular flexibility index (Phi) is 2.84. The minimum absolute atomic E-state index is 0.0382. The Morgan fingerprint density at radius 3 is 2.62 bits per heavy atom. The number of ether oxygens (including phenoxy) is 1. The predicted octanol–water partition coefficient (Wildman–Crippen LogP) is 1.78. The highest BCUT2D eigenvalue weighted by atomic mass is 16.5. The third kappa shape index (κ3) is 2.02. The number of nitrogens with zero attached hydrogens (tertiary/aromatic N) is 2.